The predicted molar refractivity (Wildman–Crippen MR) is 98.5 cm³/mol. The van der Waals surface area contributed by atoms with Crippen LogP contribution in [0, 0.1) is 12.8 Å². The normalized spacial score (nSPS) is 14.3. The summed E-state index contributed by atoms with van der Waals surface area (Å²) in [4.78, 5) is 12.6. The van der Waals surface area contributed by atoms with Gasteiger partial charge >= 0.3 is 0 Å². The molecule has 0 aromatic heterocycles. The summed E-state index contributed by atoms with van der Waals surface area (Å²) in [5.41, 5.74) is 1.74. The van der Waals surface area contributed by atoms with Crippen molar-refractivity contribution in [1.29, 1.82) is 0 Å². The van der Waals surface area contributed by atoms with Gasteiger partial charge in [-0.2, -0.15) is 0 Å². The molecule has 3 rings (SSSR count). The number of amides is 1. The molecule has 0 spiro atoms. The first-order valence-corrected chi connectivity index (χ1v) is 9.88. The molecule has 2 N–H and O–H groups in total. The van der Waals surface area contributed by atoms with E-state index >= 15 is 0 Å². The smallest absolute Gasteiger partial charge is 0.255 e. The highest BCUT2D eigenvalue weighted by Gasteiger charge is 2.24. The Morgan fingerprint density at radius 1 is 1.20 bits per heavy atom. The average molecular weight is 379 g/mol. The molecule has 0 aliphatic heterocycles. The first-order chi connectivity index (χ1) is 11.8. The van der Waals surface area contributed by atoms with E-state index in [0.717, 1.165) is 18.4 Å². The summed E-state index contributed by atoms with van der Waals surface area (Å²) in [5.74, 6) is 0.0525. The Kier molecular flexibility index (Phi) is 5.13. The molecule has 0 saturated heterocycles. The highest BCUT2D eigenvalue weighted by molar-refractivity contribution is 7.89. The SMILES string of the molecule is Cc1ccc(Cl)cc1NC(=O)c1cccc(S(=O)(=O)NCC2CC2)c1. The maximum absolute atomic E-state index is 12.5. The van der Waals surface area contributed by atoms with Gasteiger partial charge in [-0.3, -0.25) is 4.79 Å². The fourth-order valence-corrected chi connectivity index (χ4v) is 3.69. The zero-order chi connectivity index (χ0) is 18.0. The van der Waals surface area contributed by atoms with Crippen LogP contribution >= 0.6 is 11.6 Å². The molecule has 0 radical (unpaired) electrons. The van der Waals surface area contributed by atoms with Gasteiger partial charge in [0, 0.05) is 22.8 Å². The number of carbonyl (C=O) groups excluding carboxylic acids is 1. The van der Waals surface area contributed by atoms with E-state index in [9.17, 15) is 13.2 Å². The van der Waals surface area contributed by atoms with Crippen molar-refractivity contribution in [3.05, 3.63) is 58.6 Å². The van der Waals surface area contributed by atoms with Gasteiger partial charge in [-0.15, -0.1) is 0 Å². The second-order valence-corrected chi connectivity index (χ2v) is 8.44. The van der Waals surface area contributed by atoms with Gasteiger partial charge in [0.05, 0.1) is 4.90 Å². The van der Waals surface area contributed by atoms with E-state index in [-0.39, 0.29) is 16.4 Å². The molecule has 7 heteroatoms. The molecule has 0 unspecified atom stereocenters. The van der Waals surface area contributed by atoms with Crippen LogP contribution in [-0.4, -0.2) is 20.9 Å². The number of aryl methyl sites for hydroxylation is 1. The maximum atomic E-state index is 12.5. The summed E-state index contributed by atoms with van der Waals surface area (Å²) >= 11 is 5.96. The van der Waals surface area contributed by atoms with E-state index in [1.165, 1.54) is 12.1 Å². The summed E-state index contributed by atoms with van der Waals surface area (Å²) in [6.07, 6.45) is 2.12. The lowest BCUT2D eigenvalue weighted by Gasteiger charge is -2.10. The fraction of sp³-hybridized carbons (Fsp3) is 0.278. The average Bonchev–Trinajstić information content (AvgIpc) is 3.41. The van der Waals surface area contributed by atoms with Crippen LogP contribution < -0.4 is 10.0 Å². The minimum atomic E-state index is -3.61. The van der Waals surface area contributed by atoms with Crippen molar-refractivity contribution in [3.63, 3.8) is 0 Å². The first-order valence-electron chi connectivity index (χ1n) is 8.02. The summed E-state index contributed by atoms with van der Waals surface area (Å²) in [5, 5.41) is 3.28. The van der Waals surface area contributed by atoms with Crippen molar-refractivity contribution in [2.45, 2.75) is 24.7 Å². The van der Waals surface area contributed by atoms with E-state index in [4.69, 9.17) is 11.6 Å². The number of nitrogens with one attached hydrogen (secondary N) is 2. The van der Waals surface area contributed by atoms with Crippen molar-refractivity contribution in [2.24, 2.45) is 5.92 Å². The van der Waals surface area contributed by atoms with E-state index in [2.05, 4.69) is 10.0 Å². The Morgan fingerprint density at radius 2 is 1.96 bits per heavy atom. The molecule has 0 bridgehead atoms. The number of sulfonamides is 1. The highest BCUT2D eigenvalue weighted by Crippen LogP contribution is 2.28. The van der Waals surface area contributed by atoms with E-state index in [1.54, 1.807) is 30.3 Å². The van der Waals surface area contributed by atoms with Gasteiger partial charge in [-0.05, 0) is 61.6 Å². The van der Waals surface area contributed by atoms with Crippen LogP contribution in [0.5, 0.6) is 0 Å². The molecule has 2 aromatic carbocycles. The van der Waals surface area contributed by atoms with Crippen molar-refractivity contribution in [1.82, 2.24) is 4.72 Å². The maximum Gasteiger partial charge on any atom is 0.255 e. The van der Waals surface area contributed by atoms with Crippen molar-refractivity contribution < 1.29 is 13.2 Å². The molecule has 132 valence electrons. The lowest BCUT2D eigenvalue weighted by Crippen LogP contribution is -2.26. The summed E-state index contributed by atoms with van der Waals surface area (Å²) in [7, 11) is -3.61. The lowest BCUT2D eigenvalue weighted by atomic mass is 10.1. The molecule has 1 aliphatic carbocycles. The van der Waals surface area contributed by atoms with E-state index < -0.39 is 10.0 Å². The third-order valence-electron chi connectivity index (χ3n) is 4.11. The number of carbonyl (C=O) groups is 1. The van der Waals surface area contributed by atoms with Gasteiger partial charge in [0.25, 0.3) is 5.91 Å². The Bertz CT molecular complexity index is 908. The fourth-order valence-electron chi connectivity index (χ4n) is 2.36. The van der Waals surface area contributed by atoms with Gasteiger partial charge in [-0.1, -0.05) is 23.7 Å². The standard InChI is InChI=1S/C18H19ClN2O3S/c1-12-5-8-15(19)10-17(12)21-18(22)14-3-2-4-16(9-14)25(23,24)20-11-13-6-7-13/h2-5,8-10,13,20H,6-7,11H2,1H3,(H,21,22). The summed E-state index contributed by atoms with van der Waals surface area (Å²) in [6.45, 7) is 2.30. The van der Waals surface area contributed by atoms with Crippen LogP contribution in [0.4, 0.5) is 5.69 Å². The van der Waals surface area contributed by atoms with Crippen LogP contribution in [0.3, 0.4) is 0 Å². The van der Waals surface area contributed by atoms with Gasteiger partial charge in [0.2, 0.25) is 10.0 Å². The molecule has 1 amide bonds. The Morgan fingerprint density at radius 3 is 2.68 bits per heavy atom. The Labute approximate surface area is 152 Å². The number of hydrogen-bond acceptors (Lipinski definition) is 3. The number of anilines is 1. The van der Waals surface area contributed by atoms with Crippen LogP contribution in [-0.2, 0) is 10.0 Å². The van der Waals surface area contributed by atoms with Crippen LogP contribution in [0.2, 0.25) is 5.02 Å². The molecule has 1 aliphatic rings. The van der Waals surface area contributed by atoms with Crippen molar-refractivity contribution in [3.8, 4) is 0 Å². The monoisotopic (exact) mass is 378 g/mol. The number of halogens is 1. The third kappa shape index (κ3) is 4.60. The molecule has 0 atom stereocenters. The van der Waals surface area contributed by atoms with E-state index in [1.807, 2.05) is 6.92 Å². The summed E-state index contributed by atoms with van der Waals surface area (Å²) < 4.78 is 27.3. The summed E-state index contributed by atoms with van der Waals surface area (Å²) in [6, 6.07) is 11.2. The zero-order valence-electron chi connectivity index (χ0n) is 13.8. The van der Waals surface area contributed by atoms with Gasteiger partial charge < -0.3 is 5.32 Å². The lowest BCUT2D eigenvalue weighted by molar-refractivity contribution is 0.102. The van der Waals surface area contributed by atoms with E-state index in [0.29, 0.717) is 23.2 Å². The Balaban J connectivity index is 1.78. The molecule has 5 nitrogen and oxygen atoms in total. The zero-order valence-corrected chi connectivity index (χ0v) is 15.3. The second-order valence-electron chi connectivity index (χ2n) is 6.24. The second kappa shape index (κ2) is 7.15. The molecule has 25 heavy (non-hydrogen) atoms. The molecular formula is C18H19ClN2O3S. The van der Waals surface area contributed by atoms with Crippen LogP contribution in [0.1, 0.15) is 28.8 Å². The number of benzene rings is 2. The largest absolute Gasteiger partial charge is 0.322 e. The first kappa shape index (κ1) is 17.9. The van der Waals surface area contributed by atoms with Crippen molar-refractivity contribution >= 4 is 33.2 Å². The highest BCUT2D eigenvalue weighted by atomic mass is 35.5. The predicted octanol–water partition coefficient (Wildman–Crippen LogP) is 3.59. The minimum absolute atomic E-state index is 0.0867. The minimum Gasteiger partial charge on any atom is -0.322 e. The topological polar surface area (TPSA) is 75.3 Å². The third-order valence-corrected chi connectivity index (χ3v) is 5.77. The van der Waals surface area contributed by atoms with Gasteiger partial charge in [0.15, 0.2) is 0 Å². The van der Waals surface area contributed by atoms with Gasteiger partial charge in [0.1, 0.15) is 0 Å². The van der Waals surface area contributed by atoms with Crippen LogP contribution in [0.15, 0.2) is 47.4 Å². The molecular weight excluding hydrogens is 360 g/mol. The molecule has 1 saturated carbocycles. The number of hydrogen-bond donors (Lipinski definition) is 2. The Hall–Kier alpha value is -1.89. The molecule has 2 aromatic rings. The van der Waals surface area contributed by atoms with Crippen LogP contribution in [0.25, 0.3) is 0 Å². The number of rotatable bonds is 6. The van der Waals surface area contributed by atoms with Crippen molar-refractivity contribution in [2.75, 3.05) is 11.9 Å². The molecule has 1 fully saturated rings. The molecule has 0 heterocycles. The quantitative estimate of drug-likeness (QED) is 0.806. The van der Waals surface area contributed by atoms with Gasteiger partial charge in [-0.25, -0.2) is 13.1 Å².